The van der Waals surface area contributed by atoms with E-state index in [1.54, 1.807) is 7.11 Å². The number of piperidine rings is 1. The molecule has 6 nitrogen and oxygen atoms in total. The number of hydrogen-bond acceptors (Lipinski definition) is 6. The highest BCUT2D eigenvalue weighted by atomic mass is 16.5. The fourth-order valence-corrected chi connectivity index (χ4v) is 6.92. The molecule has 0 amide bonds. The first-order chi connectivity index (χ1) is 18.4. The van der Waals surface area contributed by atoms with Gasteiger partial charge in [0.1, 0.15) is 5.76 Å². The van der Waals surface area contributed by atoms with Crippen molar-refractivity contribution in [1.82, 2.24) is 14.8 Å². The van der Waals surface area contributed by atoms with Crippen molar-refractivity contribution in [2.75, 3.05) is 34.3 Å². The predicted octanol–water partition coefficient (Wildman–Crippen LogP) is 5.02. The molecule has 6 aliphatic rings. The van der Waals surface area contributed by atoms with Crippen LogP contribution in [0.4, 0.5) is 0 Å². The maximum atomic E-state index is 5.66. The highest BCUT2D eigenvalue weighted by molar-refractivity contribution is 6.03. The van der Waals surface area contributed by atoms with Gasteiger partial charge in [0.15, 0.2) is 0 Å². The molecule has 0 N–H and O–H groups in total. The number of fused-ring (bicyclic) bond motifs is 3. The molecule has 0 aromatic carbocycles. The fraction of sp³-hybridized carbons (Fsp3) is 0.562. The molecular formula is C32H43N5O. The first-order valence-corrected chi connectivity index (χ1v) is 14.5. The van der Waals surface area contributed by atoms with Gasteiger partial charge in [-0.05, 0) is 69.5 Å². The van der Waals surface area contributed by atoms with E-state index in [-0.39, 0.29) is 29.8 Å². The van der Waals surface area contributed by atoms with Crippen molar-refractivity contribution < 1.29 is 4.74 Å². The van der Waals surface area contributed by atoms with Gasteiger partial charge in [-0.2, -0.15) is 5.10 Å². The molecule has 0 spiro atoms. The van der Waals surface area contributed by atoms with Crippen LogP contribution in [0.1, 0.15) is 33.1 Å². The SMILES string of the molecule is COC1=CC2C(C=C1)N=CC1C(C3C=C(N4CCC(N(C)C)CC4)C=CC3)=NN(C3=CC(C)C(C)C=C3)C12. The van der Waals surface area contributed by atoms with Crippen molar-refractivity contribution in [2.24, 2.45) is 39.7 Å². The van der Waals surface area contributed by atoms with Gasteiger partial charge in [0.2, 0.25) is 0 Å². The highest BCUT2D eigenvalue weighted by Gasteiger charge is 2.48. The molecule has 1 fully saturated rings. The summed E-state index contributed by atoms with van der Waals surface area (Å²) in [6.07, 6.45) is 26.4. The van der Waals surface area contributed by atoms with Gasteiger partial charge in [-0.3, -0.25) is 10.0 Å². The number of methoxy groups -OCH3 is 1. The summed E-state index contributed by atoms with van der Waals surface area (Å²) in [4.78, 5) is 9.99. The number of hydrazone groups is 1. The molecule has 3 aliphatic heterocycles. The van der Waals surface area contributed by atoms with Crippen molar-refractivity contribution >= 4 is 11.9 Å². The van der Waals surface area contributed by atoms with Crippen molar-refractivity contribution in [2.45, 2.75) is 51.2 Å². The number of likely N-dealkylation sites (tertiary alicyclic amines) is 1. The van der Waals surface area contributed by atoms with Crippen LogP contribution in [0.2, 0.25) is 0 Å². The Morgan fingerprint density at radius 3 is 2.50 bits per heavy atom. The van der Waals surface area contributed by atoms with Crippen LogP contribution in [0.3, 0.4) is 0 Å². The minimum atomic E-state index is 0.132. The fourth-order valence-electron chi connectivity index (χ4n) is 6.92. The zero-order chi connectivity index (χ0) is 26.4. The van der Waals surface area contributed by atoms with Gasteiger partial charge in [-0.1, -0.05) is 44.2 Å². The van der Waals surface area contributed by atoms with Crippen molar-refractivity contribution in [3.8, 4) is 0 Å². The lowest BCUT2D eigenvalue weighted by Gasteiger charge is -2.40. The molecule has 0 aromatic rings. The molecule has 0 bridgehead atoms. The number of hydrogen-bond donors (Lipinski definition) is 0. The van der Waals surface area contributed by atoms with E-state index in [4.69, 9.17) is 14.8 Å². The zero-order valence-electron chi connectivity index (χ0n) is 23.6. The quantitative estimate of drug-likeness (QED) is 0.518. The van der Waals surface area contributed by atoms with Crippen molar-refractivity contribution in [3.63, 3.8) is 0 Å². The summed E-state index contributed by atoms with van der Waals surface area (Å²) in [6, 6.07) is 1.02. The molecule has 1 saturated heterocycles. The molecule has 7 unspecified atom stereocenters. The summed E-state index contributed by atoms with van der Waals surface area (Å²) >= 11 is 0. The minimum Gasteiger partial charge on any atom is -0.497 e. The highest BCUT2D eigenvalue weighted by Crippen LogP contribution is 2.43. The van der Waals surface area contributed by atoms with E-state index in [1.165, 1.54) is 29.9 Å². The van der Waals surface area contributed by atoms with Gasteiger partial charge in [0, 0.05) is 42.9 Å². The Hall–Kier alpha value is -2.86. The third kappa shape index (κ3) is 4.61. The molecule has 0 saturated carbocycles. The lowest BCUT2D eigenvalue weighted by molar-refractivity contribution is 0.172. The van der Waals surface area contributed by atoms with E-state index in [9.17, 15) is 0 Å². The monoisotopic (exact) mass is 513 g/mol. The van der Waals surface area contributed by atoms with Crippen LogP contribution in [-0.4, -0.2) is 79.2 Å². The van der Waals surface area contributed by atoms with Gasteiger partial charge in [-0.15, -0.1) is 0 Å². The normalized spacial score (nSPS) is 36.5. The molecule has 202 valence electrons. The molecule has 6 rings (SSSR count). The second-order valence-corrected chi connectivity index (χ2v) is 12.1. The summed E-state index contributed by atoms with van der Waals surface area (Å²) in [6.45, 7) is 6.84. The van der Waals surface area contributed by atoms with E-state index in [0.29, 0.717) is 17.9 Å². The molecule has 3 aliphatic carbocycles. The molecule has 38 heavy (non-hydrogen) atoms. The second-order valence-electron chi connectivity index (χ2n) is 12.1. The number of ether oxygens (including phenoxy) is 1. The van der Waals surface area contributed by atoms with Gasteiger partial charge in [-0.25, -0.2) is 0 Å². The van der Waals surface area contributed by atoms with Gasteiger partial charge in [0.25, 0.3) is 0 Å². The molecule has 0 aromatic heterocycles. The molecule has 6 heteroatoms. The molecule has 3 heterocycles. The van der Waals surface area contributed by atoms with Crippen molar-refractivity contribution in [3.05, 3.63) is 71.8 Å². The Kier molecular flexibility index (Phi) is 6.93. The maximum Gasteiger partial charge on any atom is 0.115 e. The van der Waals surface area contributed by atoms with Crippen LogP contribution in [0.25, 0.3) is 0 Å². The number of nitrogens with zero attached hydrogens (tertiary/aromatic N) is 5. The molecule has 7 atom stereocenters. The van der Waals surface area contributed by atoms with E-state index >= 15 is 0 Å². The number of rotatable bonds is 5. The maximum absolute atomic E-state index is 5.66. The van der Waals surface area contributed by atoms with Gasteiger partial charge in [0.05, 0.1) is 36.5 Å². The van der Waals surface area contributed by atoms with Crippen molar-refractivity contribution in [1.29, 1.82) is 0 Å². The van der Waals surface area contributed by atoms with Crippen LogP contribution in [0.15, 0.2) is 81.9 Å². The third-order valence-corrected chi connectivity index (χ3v) is 9.56. The van der Waals surface area contributed by atoms with Crippen LogP contribution >= 0.6 is 0 Å². The largest absolute Gasteiger partial charge is 0.497 e. The summed E-state index contributed by atoms with van der Waals surface area (Å²) in [5.74, 6) is 2.67. The Bertz CT molecular complexity index is 1160. The predicted molar refractivity (Wildman–Crippen MR) is 156 cm³/mol. The topological polar surface area (TPSA) is 43.7 Å². The second kappa shape index (κ2) is 10.4. The van der Waals surface area contributed by atoms with Crippen LogP contribution in [0, 0.1) is 29.6 Å². The van der Waals surface area contributed by atoms with Gasteiger partial charge >= 0.3 is 0 Å². The lowest BCUT2D eigenvalue weighted by Crippen LogP contribution is -2.48. The standard InChI is InChI=1S/C32H43N5O/c1-21-9-10-26(17-22(21)2)37-32-28-19-27(38-5)11-12-30(28)33-20-29(32)31(34-37)23-7-6-8-25(18-23)36-15-13-24(14-16-36)35(3)4/h6,8-12,17-24,28-30,32H,7,13-16H2,1-5H3. The van der Waals surface area contributed by atoms with Crippen LogP contribution in [0.5, 0.6) is 0 Å². The first kappa shape index (κ1) is 25.4. The number of allylic oxidation sites excluding steroid dienone is 7. The Morgan fingerprint density at radius 1 is 0.947 bits per heavy atom. The summed E-state index contributed by atoms with van der Waals surface area (Å²) in [7, 11) is 6.17. The van der Waals surface area contributed by atoms with E-state index < -0.39 is 0 Å². The molecular weight excluding hydrogens is 470 g/mol. The van der Waals surface area contributed by atoms with Crippen LogP contribution in [-0.2, 0) is 4.74 Å². The zero-order valence-corrected chi connectivity index (χ0v) is 23.6. The van der Waals surface area contributed by atoms with E-state index in [1.807, 2.05) is 0 Å². The van der Waals surface area contributed by atoms with E-state index in [2.05, 4.69) is 104 Å². The third-order valence-electron chi connectivity index (χ3n) is 9.56. The smallest absolute Gasteiger partial charge is 0.115 e. The first-order valence-electron chi connectivity index (χ1n) is 14.5. The number of aliphatic imine (C=N–C) groups is 1. The average molecular weight is 514 g/mol. The Morgan fingerprint density at radius 2 is 1.76 bits per heavy atom. The van der Waals surface area contributed by atoms with E-state index in [0.717, 1.165) is 25.3 Å². The van der Waals surface area contributed by atoms with Crippen LogP contribution < -0.4 is 0 Å². The summed E-state index contributed by atoms with van der Waals surface area (Å²) in [5, 5.41) is 7.77. The Balaban J connectivity index is 1.32. The summed E-state index contributed by atoms with van der Waals surface area (Å²) in [5.41, 5.74) is 3.84. The van der Waals surface area contributed by atoms with Gasteiger partial charge < -0.3 is 14.5 Å². The lowest BCUT2D eigenvalue weighted by atomic mass is 9.74. The minimum absolute atomic E-state index is 0.132. The average Bonchev–Trinajstić information content (AvgIpc) is 3.34. The Labute approximate surface area is 228 Å². The summed E-state index contributed by atoms with van der Waals surface area (Å²) < 4.78 is 5.66. The molecule has 0 radical (unpaired) electrons.